The fraction of sp³-hybridized carbons (Fsp3) is 0.278. The van der Waals surface area contributed by atoms with Crippen molar-refractivity contribution in [1.82, 2.24) is 4.98 Å². The molecule has 1 aromatic carbocycles. The molecule has 0 spiro atoms. The van der Waals surface area contributed by atoms with E-state index in [1.165, 1.54) is 24.3 Å². The molecule has 28 heavy (non-hydrogen) atoms. The van der Waals surface area contributed by atoms with Crippen LogP contribution in [0.5, 0.6) is 11.6 Å². The van der Waals surface area contributed by atoms with Crippen molar-refractivity contribution in [2.75, 3.05) is 20.8 Å². The molecule has 0 saturated carbocycles. The molecule has 1 atom stereocenters. The maximum atomic E-state index is 13.0. The van der Waals surface area contributed by atoms with E-state index in [-0.39, 0.29) is 17.2 Å². The molecular formula is C18H17FN2O7. The van der Waals surface area contributed by atoms with Crippen LogP contribution in [-0.2, 0) is 19.1 Å². The number of carbonyl (C=O) groups excluding carboxylic acids is 2. The van der Waals surface area contributed by atoms with Gasteiger partial charge in [0.2, 0.25) is 12.4 Å². The Labute approximate surface area is 159 Å². The fourth-order valence-corrected chi connectivity index (χ4v) is 2.59. The van der Waals surface area contributed by atoms with Crippen molar-refractivity contribution in [2.24, 2.45) is 5.92 Å². The predicted octanol–water partition coefficient (Wildman–Crippen LogP) is 2.34. The second-order valence-electron chi connectivity index (χ2n) is 5.63. The molecule has 0 N–H and O–H groups in total. The van der Waals surface area contributed by atoms with Crippen molar-refractivity contribution < 1.29 is 33.1 Å². The molecule has 0 aliphatic heterocycles. The number of nitrogens with zero attached hydrogens (tertiary/aromatic N) is 2. The quantitative estimate of drug-likeness (QED) is 0.291. The van der Waals surface area contributed by atoms with Crippen molar-refractivity contribution >= 4 is 11.9 Å². The predicted molar refractivity (Wildman–Crippen MR) is 92.8 cm³/mol. The summed E-state index contributed by atoms with van der Waals surface area (Å²) in [6.07, 6.45) is 0.971. The molecule has 10 heteroatoms. The third-order valence-electron chi connectivity index (χ3n) is 3.87. The Bertz CT molecular complexity index is 841. The van der Waals surface area contributed by atoms with Gasteiger partial charge < -0.3 is 14.2 Å². The zero-order valence-corrected chi connectivity index (χ0v) is 15.0. The van der Waals surface area contributed by atoms with Crippen LogP contribution in [0.2, 0.25) is 0 Å². The first-order valence-electron chi connectivity index (χ1n) is 8.02. The topological polar surface area (TPSA) is 118 Å². The molecule has 1 aromatic heterocycles. The Morgan fingerprint density at radius 1 is 1.18 bits per heavy atom. The Morgan fingerprint density at radius 2 is 1.86 bits per heavy atom. The van der Waals surface area contributed by atoms with Gasteiger partial charge in [-0.25, -0.2) is 9.37 Å². The van der Waals surface area contributed by atoms with Crippen LogP contribution in [0.25, 0.3) is 0 Å². The van der Waals surface area contributed by atoms with Gasteiger partial charge in [-0.2, -0.15) is 0 Å². The van der Waals surface area contributed by atoms with E-state index in [9.17, 15) is 24.1 Å². The smallest absolute Gasteiger partial charge is 0.320 e. The van der Waals surface area contributed by atoms with Gasteiger partial charge in [0, 0.05) is 11.0 Å². The fourth-order valence-electron chi connectivity index (χ4n) is 2.59. The summed E-state index contributed by atoms with van der Waals surface area (Å²) >= 11 is 0. The minimum absolute atomic E-state index is 0.0989. The first kappa shape index (κ1) is 20.7. The van der Waals surface area contributed by atoms with Gasteiger partial charge in [0.1, 0.15) is 11.6 Å². The molecule has 9 nitrogen and oxygen atoms in total. The van der Waals surface area contributed by atoms with Gasteiger partial charge in [-0.15, -0.1) is 0 Å². The molecule has 0 saturated heterocycles. The molecule has 148 valence electrons. The molecule has 0 radical (unpaired) electrons. The van der Waals surface area contributed by atoms with E-state index < -0.39 is 41.1 Å². The van der Waals surface area contributed by atoms with E-state index in [1.54, 1.807) is 6.07 Å². The summed E-state index contributed by atoms with van der Waals surface area (Å²) in [7, 11) is 2.14. The number of halogens is 1. The third kappa shape index (κ3) is 5.22. The number of hydrogen-bond donors (Lipinski definition) is 0. The maximum Gasteiger partial charge on any atom is 0.320 e. The van der Waals surface area contributed by atoms with Crippen LogP contribution in [0, 0.1) is 21.8 Å². The molecule has 0 bridgehead atoms. The highest BCUT2D eigenvalue weighted by Crippen LogP contribution is 2.31. The van der Waals surface area contributed by atoms with E-state index in [0.717, 1.165) is 26.5 Å². The highest BCUT2D eigenvalue weighted by atomic mass is 19.1. The Hall–Kier alpha value is -3.56. The van der Waals surface area contributed by atoms with Gasteiger partial charge in [-0.1, -0.05) is 12.1 Å². The maximum absolute atomic E-state index is 13.0. The number of ether oxygens (including phenoxy) is 3. The van der Waals surface area contributed by atoms with Gasteiger partial charge in [0.15, 0.2) is 5.92 Å². The average Bonchev–Trinajstić information content (AvgIpc) is 2.68. The lowest BCUT2D eigenvalue weighted by molar-refractivity contribution is -0.484. The molecule has 0 aliphatic carbocycles. The Balaban J connectivity index is 2.39. The van der Waals surface area contributed by atoms with Gasteiger partial charge in [0.25, 0.3) is 0 Å². The minimum atomic E-state index is -1.53. The van der Waals surface area contributed by atoms with Crippen molar-refractivity contribution in [3.63, 3.8) is 0 Å². The number of methoxy groups -OCH3 is 2. The lowest BCUT2D eigenvalue weighted by atomic mass is 9.85. The van der Waals surface area contributed by atoms with Gasteiger partial charge >= 0.3 is 11.9 Å². The number of rotatable bonds is 8. The lowest BCUT2D eigenvalue weighted by Gasteiger charge is -2.21. The summed E-state index contributed by atoms with van der Waals surface area (Å²) in [6.45, 7) is -0.715. The van der Waals surface area contributed by atoms with E-state index in [2.05, 4.69) is 14.5 Å². The van der Waals surface area contributed by atoms with E-state index in [4.69, 9.17) is 4.74 Å². The summed E-state index contributed by atoms with van der Waals surface area (Å²) in [5.74, 6) is -4.79. The SMILES string of the molecule is COC(=O)C(C(=O)OC)[C@H](C[N+](=O)[O-])c1cccc(Oc2ccc(F)cn2)c1. The summed E-state index contributed by atoms with van der Waals surface area (Å²) in [6, 6.07) is 8.49. The summed E-state index contributed by atoms with van der Waals surface area (Å²) in [5, 5.41) is 11.1. The normalized spacial score (nSPS) is 11.6. The molecule has 0 fully saturated rings. The Morgan fingerprint density at radius 3 is 2.39 bits per heavy atom. The molecule has 0 amide bonds. The van der Waals surface area contributed by atoms with Crippen LogP contribution < -0.4 is 4.74 Å². The number of pyridine rings is 1. The number of hydrogen-bond acceptors (Lipinski definition) is 8. The standard InChI is InChI=1S/C18H17FN2O7/c1-26-17(22)16(18(23)27-2)14(10-21(24)25)11-4-3-5-13(8-11)28-15-7-6-12(19)9-20-15/h3-9,14,16H,10H2,1-2H3/t14-/m1/s1. The Kier molecular flexibility index (Phi) is 6.96. The van der Waals surface area contributed by atoms with E-state index in [0.29, 0.717) is 0 Å². The summed E-state index contributed by atoms with van der Waals surface area (Å²) in [5.41, 5.74) is 0.289. The van der Waals surface area contributed by atoms with Crippen LogP contribution in [0.4, 0.5) is 4.39 Å². The lowest BCUT2D eigenvalue weighted by Crippen LogP contribution is -2.35. The third-order valence-corrected chi connectivity index (χ3v) is 3.87. The first-order valence-corrected chi connectivity index (χ1v) is 8.02. The van der Waals surface area contributed by atoms with Crippen molar-refractivity contribution in [1.29, 1.82) is 0 Å². The van der Waals surface area contributed by atoms with Crippen LogP contribution in [0.1, 0.15) is 11.5 Å². The molecule has 0 aliphatic rings. The molecule has 2 rings (SSSR count). The molecule has 2 aromatic rings. The number of aromatic nitrogens is 1. The van der Waals surface area contributed by atoms with E-state index in [1.807, 2.05) is 0 Å². The van der Waals surface area contributed by atoms with Crippen LogP contribution in [0.15, 0.2) is 42.6 Å². The number of esters is 2. The van der Waals surface area contributed by atoms with Gasteiger partial charge in [-0.3, -0.25) is 19.7 Å². The van der Waals surface area contributed by atoms with E-state index >= 15 is 0 Å². The molecule has 1 heterocycles. The summed E-state index contributed by atoms with van der Waals surface area (Å²) in [4.78, 5) is 38.5. The van der Waals surface area contributed by atoms with Gasteiger partial charge in [-0.05, 0) is 23.8 Å². The van der Waals surface area contributed by atoms with Crippen LogP contribution in [0.3, 0.4) is 0 Å². The highest BCUT2D eigenvalue weighted by molar-refractivity contribution is 5.96. The van der Waals surface area contributed by atoms with Crippen molar-refractivity contribution in [2.45, 2.75) is 5.92 Å². The van der Waals surface area contributed by atoms with Crippen molar-refractivity contribution in [3.8, 4) is 11.6 Å². The molecular weight excluding hydrogens is 375 g/mol. The number of benzene rings is 1. The van der Waals surface area contributed by atoms with Crippen LogP contribution in [-0.4, -0.2) is 42.6 Å². The number of carbonyl (C=O) groups is 2. The average molecular weight is 392 g/mol. The second kappa shape index (κ2) is 9.40. The number of nitro groups is 1. The first-order chi connectivity index (χ1) is 13.3. The molecule has 0 unspecified atom stereocenters. The van der Waals surface area contributed by atoms with Crippen molar-refractivity contribution in [3.05, 3.63) is 64.1 Å². The zero-order valence-electron chi connectivity index (χ0n) is 15.0. The summed E-state index contributed by atoms with van der Waals surface area (Å²) < 4.78 is 27.7. The zero-order chi connectivity index (χ0) is 20.7. The highest BCUT2D eigenvalue weighted by Gasteiger charge is 2.41. The van der Waals surface area contributed by atoms with Gasteiger partial charge in [0.05, 0.1) is 26.3 Å². The largest absolute Gasteiger partial charge is 0.468 e. The minimum Gasteiger partial charge on any atom is -0.468 e. The van der Waals surface area contributed by atoms with Crippen LogP contribution >= 0.6 is 0 Å². The monoisotopic (exact) mass is 392 g/mol. The second-order valence-corrected chi connectivity index (χ2v) is 5.63.